The van der Waals surface area contributed by atoms with Gasteiger partial charge in [0.2, 0.25) is 0 Å². The molecule has 1 N–H and O–H groups in total. The predicted molar refractivity (Wildman–Crippen MR) is 104 cm³/mol. The zero-order valence-corrected chi connectivity index (χ0v) is 16.7. The molecule has 1 aromatic carbocycles. The highest BCUT2D eigenvalue weighted by Gasteiger charge is 2.35. The van der Waals surface area contributed by atoms with E-state index in [9.17, 15) is 9.90 Å². The number of benzene rings is 1. The molecule has 0 aromatic heterocycles. The van der Waals surface area contributed by atoms with Crippen molar-refractivity contribution in [3.05, 3.63) is 29.8 Å². The van der Waals surface area contributed by atoms with Gasteiger partial charge in [-0.25, -0.2) is 4.79 Å². The average molecular weight is 376 g/mol. The first kappa shape index (κ1) is 20.0. The molecule has 2 atom stereocenters. The van der Waals surface area contributed by atoms with Crippen LogP contribution in [0, 0.1) is 5.92 Å². The second kappa shape index (κ2) is 8.48. The molecule has 0 radical (unpaired) electrons. The number of aliphatic hydroxyl groups excluding tert-OH is 1. The normalized spacial score (nSPS) is 23.6. The van der Waals surface area contributed by atoms with Crippen LogP contribution in [0.5, 0.6) is 5.75 Å². The smallest absolute Gasteiger partial charge is 0.410 e. The number of ether oxygens (including phenoxy) is 2. The van der Waals surface area contributed by atoms with Crippen molar-refractivity contribution in [2.24, 2.45) is 5.92 Å². The lowest BCUT2D eigenvalue weighted by Gasteiger charge is -2.46. The number of hydrogen-bond acceptors (Lipinski definition) is 5. The van der Waals surface area contributed by atoms with Crippen molar-refractivity contribution in [2.75, 3.05) is 32.8 Å². The molecule has 150 valence electrons. The Morgan fingerprint density at radius 1 is 1.22 bits per heavy atom. The summed E-state index contributed by atoms with van der Waals surface area (Å²) in [5.74, 6) is 1.31. The second-order valence-corrected chi connectivity index (χ2v) is 8.64. The Labute approximate surface area is 162 Å². The number of piperidine rings is 1. The SMILES string of the molecule is CC(C)(C)OC(=O)N1CCN2C[C@H](COc3cccc(CO)c3)CC[C@@H]2C1. The van der Waals surface area contributed by atoms with Crippen LogP contribution in [0.3, 0.4) is 0 Å². The van der Waals surface area contributed by atoms with Gasteiger partial charge >= 0.3 is 6.09 Å². The molecule has 0 bridgehead atoms. The van der Waals surface area contributed by atoms with Gasteiger partial charge in [0.25, 0.3) is 0 Å². The van der Waals surface area contributed by atoms with Crippen LogP contribution in [0.2, 0.25) is 0 Å². The Morgan fingerprint density at radius 3 is 2.78 bits per heavy atom. The van der Waals surface area contributed by atoms with Gasteiger partial charge in [-0.05, 0) is 51.3 Å². The lowest BCUT2D eigenvalue weighted by molar-refractivity contribution is -0.0122. The van der Waals surface area contributed by atoms with Crippen molar-refractivity contribution >= 4 is 6.09 Å². The molecule has 27 heavy (non-hydrogen) atoms. The molecule has 1 aromatic rings. The van der Waals surface area contributed by atoms with E-state index in [1.54, 1.807) is 0 Å². The number of amides is 1. The van der Waals surface area contributed by atoms with E-state index in [-0.39, 0.29) is 12.7 Å². The van der Waals surface area contributed by atoms with Gasteiger partial charge in [0.15, 0.2) is 0 Å². The van der Waals surface area contributed by atoms with E-state index in [4.69, 9.17) is 9.47 Å². The van der Waals surface area contributed by atoms with Crippen LogP contribution in [0.4, 0.5) is 4.79 Å². The Morgan fingerprint density at radius 2 is 2.04 bits per heavy atom. The first-order valence-corrected chi connectivity index (χ1v) is 9.88. The van der Waals surface area contributed by atoms with E-state index < -0.39 is 5.60 Å². The topological polar surface area (TPSA) is 62.2 Å². The van der Waals surface area contributed by atoms with Gasteiger partial charge in [-0.3, -0.25) is 4.90 Å². The molecular weight excluding hydrogens is 344 g/mol. The third-order valence-electron chi connectivity index (χ3n) is 5.22. The minimum absolute atomic E-state index is 0.0320. The fourth-order valence-electron chi connectivity index (χ4n) is 3.83. The summed E-state index contributed by atoms with van der Waals surface area (Å²) in [5, 5.41) is 9.23. The summed E-state index contributed by atoms with van der Waals surface area (Å²) >= 11 is 0. The highest BCUT2D eigenvalue weighted by molar-refractivity contribution is 5.68. The Balaban J connectivity index is 1.47. The molecule has 3 rings (SSSR count). The van der Waals surface area contributed by atoms with Crippen molar-refractivity contribution in [3.8, 4) is 5.75 Å². The first-order valence-electron chi connectivity index (χ1n) is 9.88. The van der Waals surface area contributed by atoms with Gasteiger partial charge in [0.05, 0.1) is 13.2 Å². The number of fused-ring (bicyclic) bond motifs is 1. The van der Waals surface area contributed by atoms with Gasteiger partial charge < -0.3 is 19.5 Å². The van der Waals surface area contributed by atoms with Crippen LogP contribution in [0.1, 0.15) is 39.2 Å². The van der Waals surface area contributed by atoms with E-state index in [2.05, 4.69) is 4.90 Å². The highest BCUT2D eigenvalue weighted by Crippen LogP contribution is 2.27. The number of hydrogen-bond donors (Lipinski definition) is 1. The fraction of sp³-hybridized carbons (Fsp3) is 0.667. The first-order chi connectivity index (χ1) is 12.8. The molecule has 2 heterocycles. The maximum Gasteiger partial charge on any atom is 0.410 e. The molecule has 0 spiro atoms. The van der Waals surface area contributed by atoms with Crippen molar-refractivity contribution < 1.29 is 19.4 Å². The number of carbonyl (C=O) groups is 1. The monoisotopic (exact) mass is 376 g/mol. The lowest BCUT2D eigenvalue weighted by Crippen LogP contribution is -2.58. The molecule has 0 saturated carbocycles. The summed E-state index contributed by atoms with van der Waals surface area (Å²) in [5.41, 5.74) is 0.422. The molecule has 2 aliphatic rings. The molecule has 2 aliphatic heterocycles. The molecule has 1 amide bonds. The second-order valence-electron chi connectivity index (χ2n) is 8.64. The summed E-state index contributed by atoms with van der Waals surface area (Å²) in [7, 11) is 0. The summed E-state index contributed by atoms with van der Waals surface area (Å²) in [6.45, 7) is 9.80. The average Bonchev–Trinajstić information content (AvgIpc) is 2.64. The highest BCUT2D eigenvalue weighted by atomic mass is 16.6. The quantitative estimate of drug-likeness (QED) is 0.875. The maximum absolute atomic E-state index is 12.3. The molecular formula is C21H32N2O4. The summed E-state index contributed by atoms with van der Waals surface area (Å²) in [6.07, 6.45) is 1.98. The molecule has 0 aliphatic carbocycles. The van der Waals surface area contributed by atoms with Crippen molar-refractivity contribution in [1.29, 1.82) is 0 Å². The fourth-order valence-corrected chi connectivity index (χ4v) is 3.83. The van der Waals surface area contributed by atoms with E-state index in [1.165, 1.54) is 0 Å². The summed E-state index contributed by atoms with van der Waals surface area (Å²) < 4.78 is 11.5. The maximum atomic E-state index is 12.3. The lowest BCUT2D eigenvalue weighted by atomic mass is 9.91. The van der Waals surface area contributed by atoms with Crippen LogP contribution in [0.25, 0.3) is 0 Å². The van der Waals surface area contributed by atoms with Gasteiger partial charge in [0.1, 0.15) is 11.4 Å². The van der Waals surface area contributed by atoms with E-state index in [0.717, 1.165) is 50.3 Å². The van der Waals surface area contributed by atoms with E-state index in [0.29, 0.717) is 18.6 Å². The van der Waals surface area contributed by atoms with Crippen molar-refractivity contribution in [1.82, 2.24) is 9.80 Å². The standard InChI is InChI=1S/C21H32N2O4/c1-21(2,3)27-20(25)23-10-9-22-12-17(7-8-18(22)13-23)15-26-19-6-4-5-16(11-19)14-24/h4-6,11,17-18,24H,7-10,12-15H2,1-3H3/t17-,18-/m1/s1. The Hall–Kier alpha value is -1.79. The number of nitrogens with zero attached hydrogens (tertiary/aromatic N) is 2. The third-order valence-corrected chi connectivity index (χ3v) is 5.22. The molecule has 2 fully saturated rings. The largest absolute Gasteiger partial charge is 0.493 e. The Kier molecular flexibility index (Phi) is 6.27. The van der Waals surface area contributed by atoms with E-state index in [1.807, 2.05) is 49.9 Å². The summed E-state index contributed by atoms with van der Waals surface area (Å²) in [6, 6.07) is 8.05. The molecule has 2 saturated heterocycles. The number of carbonyl (C=O) groups excluding carboxylic acids is 1. The molecule has 6 nitrogen and oxygen atoms in total. The predicted octanol–water partition coefficient (Wildman–Crippen LogP) is 2.89. The van der Waals surface area contributed by atoms with Gasteiger partial charge in [-0.15, -0.1) is 0 Å². The summed E-state index contributed by atoms with van der Waals surface area (Å²) in [4.78, 5) is 16.7. The van der Waals surface area contributed by atoms with Crippen LogP contribution >= 0.6 is 0 Å². The number of rotatable bonds is 4. The van der Waals surface area contributed by atoms with Gasteiger partial charge in [0, 0.05) is 38.1 Å². The van der Waals surface area contributed by atoms with Crippen LogP contribution in [-0.4, -0.2) is 65.4 Å². The Bertz CT molecular complexity index is 643. The third kappa shape index (κ3) is 5.59. The van der Waals surface area contributed by atoms with Gasteiger partial charge in [-0.2, -0.15) is 0 Å². The van der Waals surface area contributed by atoms with Gasteiger partial charge in [-0.1, -0.05) is 12.1 Å². The minimum atomic E-state index is -0.448. The molecule has 0 unspecified atom stereocenters. The van der Waals surface area contributed by atoms with Crippen molar-refractivity contribution in [2.45, 2.75) is 51.9 Å². The zero-order chi connectivity index (χ0) is 19.4. The van der Waals surface area contributed by atoms with Crippen LogP contribution in [-0.2, 0) is 11.3 Å². The number of piperazine rings is 1. The minimum Gasteiger partial charge on any atom is -0.493 e. The van der Waals surface area contributed by atoms with Crippen molar-refractivity contribution in [3.63, 3.8) is 0 Å². The van der Waals surface area contributed by atoms with E-state index >= 15 is 0 Å². The van der Waals surface area contributed by atoms with Crippen LogP contribution < -0.4 is 4.74 Å². The zero-order valence-electron chi connectivity index (χ0n) is 16.7. The van der Waals surface area contributed by atoms with Crippen LogP contribution in [0.15, 0.2) is 24.3 Å². The number of aliphatic hydroxyl groups is 1. The molecule has 6 heteroatoms.